The number of carbonyl (C=O) groups is 1. The predicted molar refractivity (Wildman–Crippen MR) is 94.6 cm³/mol. The number of rotatable bonds is 7. The Bertz CT molecular complexity index is 684. The molecule has 124 valence electrons. The van der Waals surface area contributed by atoms with Gasteiger partial charge >= 0.3 is 5.97 Å². The number of hydrogen-bond acceptors (Lipinski definition) is 3. The van der Waals surface area contributed by atoms with Crippen LogP contribution in [-0.2, 0) is 11.3 Å². The minimum Gasteiger partial charge on any atom is -0.480 e. The summed E-state index contributed by atoms with van der Waals surface area (Å²) < 4.78 is 6.67. The first-order valence-corrected chi connectivity index (χ1v) is 8.54. The molecule has 0 spiro atoms. The first-order chi connectivity index (χ1) is 10.9. The largest absolute Gasteiger partial charge is 0.480 e. The minimum atomic E-state index is -0.846. The van der Waals surface area contributed by atoms with E-state index < -0.39 is 12.0 Å². The van der Waals surface area contributed by atoms with Gasteiger partial charge < -0.3 is 9.52 Å². The van der Waals surface area contributed by atoms with Crippen molar-refractivity contribution in [2.45, 2.75) is 32.9 Å². The van der Waals surface area contributed by atoms with Crippen molar-refractivity contribution in [3.63, 3.8) is 0 Å². The van der Waals surface area contributed by atoms with E-state index in [9.17, 15) is 9.90 Å². The molecule has 1 heterocycles. The van der Waals surface area contributed by atoms with Gasteiger partial charge in [0.2, 0.25) is 0 Å². The molecule has 0 aliphatic rings. The van der Waals surface area contributed by atoms with Crippen LogP contribution in [0.1, 0.15) is 26.0 Å². The van der Waals surface area contributed by atoms with E-state index in [-0.39, 0.29) is 0 Å². The molecule has 0 aliphatic carbocycles. The second-order valence-electron chi connectivity index (χ2n) is 5.79. The van der Waals surface area contributed by atoms with Crippen LogP contribution in [-0.4, -0.2) is 17.1 Å². The van der Waals surface area contributed by atoms with Gasteiger partial charge in [-0.3, -0.25) is 10.1 Å². The van der Waals surface area contributed by atoms with Crippen molar-refractivity contribution in [3.05, 3.63) is 45.6 Å². The molecule has 1 aromatic carbocycles. The second-order valence-corrected chi connectivity index (χ2v) is 7.11. The van der Waals surface area contributed by atoms with E-state index in [1.165, 1.54) is 0 Å². The molecule has 0 saturated carbocycles. The smallest absolute Gasteiger partial charge is 0.320 e. The lowest BCUT2D eigenvalue weighted by Crippen LogP contribution is -2.37. The summed E-state index contributed by atoms with van der Waals surface area (Å²) in [6.07, 6.45) is 0.571. The van der Waals surface area contributed by atoms with E-state index in [1.807, 2.05) is 38.1 Å². The Hall–Kier alpha value is -1.30. The summed E-state index contributed by atoms with van der Waals surface area (Å²) in [5.74, 6) is 0.794. The topological polar surface area (TPSA) is 62.5 Å². The van der Waals surface area contributed by atoms with Crippen LogP contribution in [0.15, 0.2) is 39.2 Å². The molecular formula is C17H19BrClNO3. The van der Waals surface area contributed by atoms with Crippen LogP contribution >= 0.6 is 27.5 Å². The number of benzene rings is 1. The first kappa shape index (κ1) is 18.0. The van der Waals surface area contributed by atoms with Crippen LogP contribution < -0.4 is 5.32 Å². The summed E-state index contributed by atoms with van der Waals surface area (Å²) in [5, 5.41) is 12.8. The van der Waals surface area contributed by atoms with Crippen molar-refractivity contribution in [3.8, 4) is 11.3 Å². The zero-order chi connectivity index (χ0) is 17.0. The van der Waals surface area contributed by atoms with Gasteiger partial charge in [-0.1, -0.05) is 41.4 Å². The molecule has 0 aliphatic heterocycles. The van der Waals surface area contributed by atoms with Gasteiger partial charge in [0.25, 0.3) is 0 Å². The highest BCUT2D eigenvalue weighted by Gasteiger charge is 2.19. The summed E-state index contributed by atoms with van der Waals surface area (Å²) in [7, 11) is 0. The van der Waals surface area contributed by atoms with Crippen LogP contribution in [0.3, 0.4) is 0 Å². The lowest BCUT2D eigenvalue weighted by Gasteiger charge is -2.15. The zero-order valence-corrected chi connectivity index (χ0v) is 15.3. The third kappa shape index (κ3) is 5.09. The fraction of sp³-hybridized carbons (Fsp3) is 0.353. The normalized spacial score (nSPS) is 12.6. The molecule has 6 heteroatoms. The van der Waals surface area contributed by atoms with Gasteiger partial charge in [-0.25, -0.2) is 0 Å². The number of carboxylic acid groups (broad SMARTS) is 1. The van der Waals surface area contributed by atoms with E-state index in [0.717, 1.165) is 10.0 Å². The van der Waals surface area contributed by atoms with Crippen LogP contribution in [0, 0.1) is 5.92 Å². The molecule has 0 bridgehead atoms. The summed E-state index contributed by atoms with van der Waals surface area (Å²) in [6, 6.07) is 8.66. The highest BCUT2D eigenvalue weighted by molar-refractivity contribution is 9.10. The minimum absolute atomic E-state index is 0.303. The Morgan fingerprint density at radius 3 is 2.70 bits per heavy atom. The maximum absolute atomic E-state index is 11.2. The van der Waals surface area contributed by atoms with Gasteiger partial charge in [0.1, 0.15) is 17.6 Å². The van der Waals surface area contributed by atoms with Gasteiger partial charge in [-0.15, -0.1) is 0 Å². The van der Waals surface area contributed by atoms with Crippen molar-refractivity contribution < 1.29 is 14.3 Å². The maximum atomic E-state index is 11.2. The van der Waals surface area contributed by atoms with Gasteiger partial charge in [0, 0.05) is 10.0 Å². The molecule has 1 unspecified atom stereocenters. The Kier molecular flexibility index (Phi) is 6.27. The molecule has 0 amide bonds. The molecule has 0 radical (unpaired) electrons. The van der Waals surface area contributed by atoms with E-state index in [1.54, 1.807) is 6.07 Å². The van der Waals surface area contributed by atoms with Gasteiger partial charge in [-0.2, -0.15) is 0 Å². The molecule has 2 N–H and O–H groups in total. The Morgan fingerprint density at radius 1 is 1.35 bits per heavy atom. The molecule has 4 nitrogen and oxygen atoms in total. The summed E-state index contributed by atoms with van der Waals surface area (Å²) in [5.41, 5.74) is 0.804. The first-order valence-electron chi connectivity index (χ1n) is 7.37. The van der Waals surface area contributed by atoms with Crippen LogP contribution in [0.2, 0.25) is 5.02 Å². The van der Waals surface area contributed by atoms with Crippen molar-refractivity contribution in [2.24, 2.45) is 5.92 Å². The molecule has 0 fully saturated rings. The molecule has 23 heavy (non-hydrogen) atoms. The Morgan fingerprint density at radius 2 is 2.09 bits per heavy atom. The maximum Gasteiger partial charge on any atom is 0.320 e. The van der Waals surface area contributed by atoms with Crippen molar-refractivity contribution in [1.82, 2.24) is 5.32 Å². The highest BCUT2D eigenvalue weighted by Crippen LogP contribution is 2.31. The third-order valence-corrected chi connectivity index (χ3v) is 4.19. The number of nitrogens with one attached hydrogen (secondary N) is 1. The molecule has 2 aromatic rings. The second kappa shape index (κ2) is 7.99. The number of halogens is 2. The summed E-state index contributed by atoms with van der Waals surface area (Å²) in [4.78, 5) is 11.2. The quantitative estimate of drug-likeness (QED) is 0.690. The average molecular weight is 401 g/mol. The van der Waals surface area contributed by atoms with Gasteiger partial charge in [0.15, 0.2) is 0 Å². The van der Waals surface area contributed by atoms with Crippen LogP contribution in [0.25, 0.3) is 11.3 Å². The number of hydrogen-bond donors (Lipinski definition) is 2. The van der Waals surface area contributed by atoms with E-state index in [0.29, 0.717) is 35.4 Å². The SMILES string of the molecule is CC(C)CC(NCc1ccc(-c2ccc(Br)cc2Cl)o1)C(=O)O. The standard InChI is InChI=1S/C17H19BrClNO3/c1-10(2)7-15(17(21)22)20-9-12-4-6-16(23-12)13-5-3-11(18)8-14(13)19/h3-6,8,10,15,20H,7,9H2,1-2H3,(H,21,22). The monoisotopic (exact) mass is 399 g/mol. The zero-order valence-electron chi connectivity index (χ0n) is 13.0. The lowest BCUT2D eigenvalue weighted by molar-refractivity contribution is -0.140. The third-order valence-electron chi connectivity index (χ3n) is 3.39. The number of furan rings is 1. The predicted octanol–water partition coefficient (Wildman–Crippen LogP) is 4.95. The number of aliphatic carboxylic acids is 1. The fourth-order valence-corrected chi connectivity index (χ4v) is 3.04. The van der Waals surface area contributed by atoms with Crippen LogP contribution in [0.4, 0.5) is 0 Å². The van der Waals surface area contributed by atoms with Gasteiger partial charge in [0.05, 0.1) is 11.6 Å². The fourth-order valence-electron chi connectivity index (χ4n) is 2.27. The lowest BCUT2D eigenvalue weighted by atomic mass is 10.0. The molecule has 1 atom stereocenters. The van der Waals surface area contributed by atoms with Crippen LogP contribution in [0.5, 0.6) is 0 Å². The highest BCUT2D eigenvalue weighted by atomic mass is 79.9. The van der Waals surface area contributed by atoms with E-state index >= 15 is 0 Å². The Labute approximate surface area is 149 Å². The molecule has 0 saturated heterocycles. The van der Waals surface area contributed by atoms with Crippen molar-refractivity contribution in [2.75, 3.05) is 0 Å². The van der Waals surface area contributed by atoms with Gasteiger partial charge in [-0.05, 0) is 42.7 Å². The van der Waals surface area contributed by atoms with E-state index in [4.69, 9.17) is 16.0 Å². The molecular weight excluding hydrogens is 382 g/mol. The van der Waals surface area contributed by atoms with Crippen molar-refractivity contribution in [1.29, 1.82) is 0 Å². The van der Waals surface area contributed by atoms with E-state index in [2.05, 4.69) is 21.2 Å². The average Bonchev–Trinajstić information content (AvgIpc) is 2.91. The molecule has 2 rings (SSSR count). The number of carboxylic acids is 1. The summed E-state index contributed by atoms with van der Waals surface area (Å²) in [6.45, 7) is 4.36. The Balaban J connectivity index is 2.06. The molecule has 1 aromatic heterocycles. The van der Waals surface area contributed by atoms with Crippen molar-refractivity contribution >= 4 is 33.5 Å². The summed E-state index contributed by atoms with van der Waals surface area (Å²) >= 11 is 9.58.